The number of anilines is 2. The number of nitrogens with zero attached hydrogens (tertiary/aromatic N) is 4. The van der Waals surface area contributed by atoms with Crippen molar-refractivity contribution in [2.45, 2.75) is 18.9 Å². The first-order valence-corrected chi connectivity index (χ1v) is 8.87. The number of hydrogen-bond donors (Lipinski definition) is 1. The van der Waals surface area contributed by atoms with Crippen LogP contribution in [0.5, 0.6) is 0 Å². The molecule has 1 saturated heterocycles. The van der Waals surface area contributed by atoms with Gasteiger partial charge in [-0.05, 0) is 37.1 Å². The molecule has 0 spiro atoms. The molecule has 2 heterocycles. The first-order chi connectivity index (χ1) is 12.5. The van der Waals surface area contributed by atoms with E-state index in [1.54, 1.807) is 24.5 Å². The van der Waals surface area contributed by atoms with Crippen LogP contribution in [0.1, 0.15) is 12.8 Å². The van der Waals surface area contributed by atoms with Crippen molar-refractivity contribution in [2.75, 3.05) is 36.9 Å². The number of carbonyl (C=O) groups excluding carboxylic acids is 1. The molecule has 0 atom stereocenters. The van der Waals surface area contributed by atoms with Gasteiger partial charge in [-0.3, -0.25) is 9.69 Å². The summed E-state index contributed by atoms with van der Waals surface area (Å²) >= 11 is 5.83. The second-order valence-corrected chi connectivity index (χ2v) is 6.81. The van der Waals surface area contributed by atoms with E-state index in [4.69, 9.17) is 11.6 Å². The molecular weight excluding hydrogens is 357 g/mol. The fraction of sp³-hybridized carbons (Fsp3) is 0.389. The highest BCUT2D eigenvalue weighted by Gasteiger charge is 2.25. The van der Waals surface area contributed by atoms with Gasteiger partial charge in [-0.2, -0.15) is 0 Å². The molecule has 1 aliphatic heterocycles. The SMILES string of the molecule is CN(c1ncc(Cl)cn1)C1CCN(CC(=O)Nc2ccc(F)cc2)CC1. The van der Waals surface area contributed by atoms with E-state index in [0.29, 0.717) is 29.2 Å². The summed E-state index contributed by atoms with van der Waals surface area (Å²) in [5.74, 6) is 0.241. The molecule has 1 aromatic heterocycles. The molecule has 1 fully saturated rings. The number of benzene rings is 1. The Bertz CT molecular complexity index is 732. The molecule has 6 nitrogen and oxygen atoms in total. The van der Waals surface area contributed by atoms with E-state index in [-0.39, 0.29) is 11.7 Å². The minimum absolute atomic E-state index is 0.0931. The van der Waals surface area contributed by atoms with Crippen LogP contribution in [0.15, 0.2) is 36.7 Å². The fourth-order valence-corrected chi connectivity index (χ4v) is 3.15. The van der Waals surface area contributed by atoms with Crippen molar-refractivity contribution in [3.8, 4) is 0 Å². The molecule has 8 heteroatoms. The predicted molar refractivity (Wildman–Crippen MR) is 99.9 cm³/mol. The first kappa shape index (κ1) is 18.5. The zero-order valence-corrected chi connectivity index (χ0v) is 15.3. The Labute approximate surface area is 157 Å². The molecule has 0 saturated carbocycles. The van der Waals surface area contributed by atoms with E-state index in [1.807, 2.05) is 7.05 Å². The van der Waals surface area contributed by atoms with Crippen molar-refractivity contribution < 1.29 is 9.18 Å². The van der Waals surface area contributed by atoms with Gasteiger partial charge in [0.05, 0.1) is 24.0 Å². The van der Waals surface area contributed by atoms with Crippen LogP contribution >= 0.6 is 11.6 Å². The molecular formula is C18H21ClFN5O. The maximum absolute atomic E-state index is 12.9. The maximum Gasteiger partial charge on any atom is 0.238 e. The second-order valence-electron chi connectivity index (χ2n) is 6.37. The van der Waals surface area contributed by atoms with E-state index in [1.165, 1.54) is 12.1 Å². The lowest BCUT2D eigenvalue weighted by molar-refractivity contribution is -0.117. The van der Waals surface area contributed by atoms with Crippen molar-refractivity contribution >= 4 is 29.1 Å². The largest absolute Gasteiger partial charge is 0.341 e. The molecule has 0 unspecified atom stereocenters. The number of piperidine rings is 1. The number of likely N-dealkylation sites (tertiary alicyclic amines) is 1. The van der Waals surface area contributed by atoms with Crippen LogP contribution in [-0.4, -0.2) is 53.5 Å². The van der Waals surface area contributed by atoms with Gasteiger partial charge in [-0.15, -0.1) is 0 Å². The van der Waals surface area contributed by atoms with Crippen LogP contribution in [0.4, 0.5) is 16.0 Å². The van der Waals surface area contributed by atoms with Gasteiger partial charge in [0, 0.05) is 31.9 Å². The number of halogens is 2. The Hall–Kier alpha value is -2.25. The molecule has 0 aliphatic carbocycles. The fourth-order valence-electron chi connectivity index (χ4n) is 3.05. The van der Waals surface area contributed by atoms with Gasteiger partial charge >= 0.3 is 0 Å². The Morgan fingerprint density at radius 2 is 1.88 bits per heavy atom. The van der Waals surface area contributed by atoms with Gasteiger partial charge < -0.3 is 10.2 Å². The van der Waals surface area contributed by atoms with Crippen LogP contribution in [-0.2, 0) is 4.79 Å². The van der Waals surface area contributed by atoms with Crippen LogP contribution in [0.25, 0.3) is 0 Å². The molecule has 138 valence electrons. The quantitative estimate of drug-likeness (QED) is 0.868. The highest BCUT2D eigenvalue weighted by atomic mass is 35.5. The summed E-state index contributed by atoms with van der Waals surface area (Å²) in [4.78, 5) is 24.8. The predicted octanol–water partition coefficient (Wildman–Crippen LogP) is 2.81. The van der Waals surface area contributed by atoms with Crippen molar-refractivity contribution in [3.63, 3.8) is 0 Å². The minimum Gasteiger partial charge on any atom is -0.341 e. The number of nitrogens with one attached hydrogen (secondary N) is 1. The van der Waals surface area contributed by atoms with Crippen molar-refractivity contribution in [2.24, 2.45) is 0 Å². The summed E-state index contributed by atoms with van der Waals surface area (Å²) in [6.07, 6.45) is 5.03. The molecule has 3 rings (SSSR count). The third-order valence-corrected chi connectivity index (χ3v) is 4.72. The number of carbonyl (C=O) groups is 1. The van der Waals surface area contributed by atoms with Gasteiger partial charge in [0.1, 0.15) is 5.82 Å². The second kappa shape index (κ2) is 8.42. The Kier molecular flexibility index (Phi) is 6.00. The normalized spacial score (nSPS) is 15.7. The molecule has 1 N–H and O–H groups in total. The lowest BCUT2D eigenvalue weighted by Crippen LogP contribution is -2.46. The van der Waals surface area contributed by atoms with Crippen LogP contribution in [0.2, 0.25) is 5.02 Å². The van der Waals surface area contributed by atoms with Crippen LogP contribution in [0, 0.1) is 5.82 Å². The van der Waals surface area contributed by atoms with Gasteiger partial charge in [-0.1, -0.05) is 11.6 Å². The zero-order chi connectivity index (χ0) is 18.5. The third kappa shape index (κ3) is 4.89. The summed E-state index contributed by atoms with van der Waals surface area (Å²) in [7, 11) is 1.98. The molecule has 0 radical (unpaired) electrons. The van der Waals surface area contributed by atoms with E-state index in [2.05, 4.69) is 25.1 Å². The van der Waals surface area contributed by atoms with Crippen molar-refractivity contribution in [3.05, 3.63) is 47.5 Å². The molecule has 1 aliphatic rings. The van der Waals surface area contributed by atoms with E-state index in [0.717, 1.165) is 25.9 Å². The lowest BCUT2D eigenvalue weighted by Gasteiger charge is -2.36. The monoisotopic (exact) mass is 377 g/mol. The minimum atomic E-state index is -0.321. The highest BCUT2D eigenvalue weighted by molar-refractivity contribution is 6.30. The van der Waals surface area contributed by atoms with Crippen LogP contribution in [0.3, 0.4) is 0 Å². The summed E-state index contributed by atoms with van der Waals surface area (Å²) in [5.41, 5.74) is 0.603. The summed E-state index contributed by atoms with van der Waals surface area (Å²) in [6.45, 7) is 1.96. The topological polar surface area (TPSA) is 61.4 Å². The number of hydrogen-bond acceptors (Lipinski definition) is 5. The first-order valence-electron chi connectivity index (χ1n) is 8.49. The smallest absolute Gasteiger partial charge is 0.238 e. The maximum atomic E-state index is 12.9. The van der Waals surface area contributed by atoms with Gasteiger partial charge in [0.2, 0.25) is 11.9 Å². The molecule has 26 heavy (non-hydrogen) atoms. The van der Waals surface area contributed by atoms with Crippen molar-refractivity contribution in [1.29, 1.82) is 0 Å². The van der Waals surface area contributed by atoms with Crippen LogP contribution < -0.4 is 10.2 Å². The summed E-state index contributed by atoms with van der Waals surface area (Å²) < 4.78 is 12.9. The molecule has 2 aromatic rings. The standard InChI is InChI=1S/C18H21ClFN5O/c1-24(18-21-10-13(19)11-22-18)16-6-8-25(9-7-16)12-17(26)23-15-4-2-14(20)3-5-15/h2-5,10-11,16H,6-9,12H2,1H3,(H,23,26). The Morgan fingerprint density at radius 3 is 2.50 bits per heavy atom. The molecule has 1 aromatic carbocycles. The number of amides is 1. The van der Waals surface area contributed by atoms with Gasteiger partial charge in [0.25, 0.3) is 0 Å². The summed E-state index contributed by atoms with van der Waals surface area (Å²) in [6, 6.07) is 6.10. The molecule has 1 amide bonds. The number of rotatable bonds is 5. The third-order valence-electron chi connectivity index (χ3n) is 4.52. The van der Waals surface area contributed by atoms with Gasteiger partial charge in [0.15, 0.2) is 0 Å². The zero-order valence-electron chi connectivity index (χ0n) is 14.5. The average Bonchev–Trinajstić information content (AvgIpc) is 2.64. The average molecular weight is 378 g/mol. The number of aromatic nitrogens is 2. The lowest BCUT2D eigenvalue weighted by atomic mass is 10.0. The van der Waals surface area contributed by atoms with Crippen molar-refractivity contribution in [1.82, 2.24) is 14.9 Å². The highest BCUT2D eigenvalue weighted by Crippen LogP contribution is 2.19. The van der Waals surface area contributed by atoms with E-state index in [9.17, 15) is 9.18 Å². The molecule has 0 bridgehead atoms. The summed E-state index contributed by atoms with van der Waals surface area (Å²) in [5, 5.41) is 3.31. The van der Waals surface area contributed by atoms with E-state index < -0.39 is 0 Å². The van der Waals surface area contributed by atoms with E-state index >= 15 is 0 Å². The van der Waals surface area contributed by atoms with Gasteiger partial charge in [-0.25, -0.2) is 14.4 Å². The Balaban J connectivity index is 1.46. The Morgan fingerprint density at radius 1 is 1.27 bits per heavy atom.